The van der Waals surface area contributed by atoms with Crippen LogP contribution in [0.1, 0.15) is 31.7 Å². The SMILES string of the molecule is CC(Cc1ccsc1)NC1CCC(N)C1. The minimum absolute atomic E-state index is 0.427. The highest BCUT2D eigenvalue weighted by atomic mass is 32.1. The molecule has 0 aliphatic heterocycles. The van der Waals surface area contributed by atoms with Gasteiger partial charge in [-0.05, 0) is 55.0 Å². The summed E-state index contributed by atoms with van der Waals surface area (Å²) >= 11 is 1.78. The monoisotopic (exact) mass is 224 g/mol. The molecule has 1 fully saturated rings. The quantitative estimate of drug-likeness (QED) is 0.822. The summed E-state index contributed by atoms with van der Waals surface area (Å²) in [6.45, 7) is 2.27. The van der Waals surface area contributed by atoms with Gasteiger partial charge in [0.15, 0.2) is 0 Å². The Kier molecular flexibility index (Phi) is 3.78. The van der Waals surface area contributed by atoms with Crippen LogP contribution in [0.25, 0.3) is 0 Å². The van der Waals surface area contributed by atoms with Gasteiger partial charge in [0.2, 0.25) is 0 Å². The molecule has 0 amide bonds. The van der Waals surface area contributed by atoms with Crippen LogP contribution in [0.4, 0.5) is 0 Å². The zero-order chi connectivity index (χ0) is 10.7. The van der Waals surface area contributed by atoms with Gasteiger partial charge in [-0.15, -0.1) is 0 Å². The molecule has 2 rings (SSSR count). The van der Waals surface area contributed by atoms with E-state index in [-0.39, 0.29) is 0 Å². The molecule has 0 bridgehead atoms. The van der Waals surface area contributed by atoms with Gasteiger partial charge >= 0.3 is 0 Å². The molecule has 0 aromatic carbocycles. The van der Waals surface area contributed by atoms with E-state index in [1.54, 1.807) is 11.3 Å². The van der Waals surface area contributed by atoms with Gasteiger partial charge in [-0.2, -0.15) is 11.3 Å². The van der Waals surface area contributed by atoms with E-state index in [9.17, 15) is 0 Å². The second kappa shape index (κ2) is 5.10. The zero-order valence-electron chi connectivity index (χ0n) is 9.28. The molecule has 2 nitrogen and oxygen atoms in total. The second-order valence-electron chi connectivity index (χ2n) is 4.67. The third-order valence-corrected chi connectivity index (χ3v) is 3.85. The van der Waals surface area contributed by atoms with Crippen LogP contribution in [-0.4, -0.2) is 18.1 Å². The van der Waals surface area contributed by atoms with Crippen LogP contribution < -0.4 is 11.1 Å². The smallest absolute Gasteiger partial charge is 0.00849 e. The van der Waals surface area contributed by atoms with E-state index in [2.05, 4.69) is 29.1 Å². The molecule has 3 atom stereocenters. The fraction of sp³-hybridized carbons (Fsp3) is 0.667. The topological polar surface area (TPSA) is 38.0 Å². The Morgan fingerprint density at radius 2 is 2.47 bits per heavy atom. The molecular formula is C12H20N2S. The number of nitrogens with two attached hydrogens (primary N) is 1. The molecule has 1 saturated carbocycles. The van der Waals surface area contributed by atoms with E-state index >= 15 is 0 Å². The fourth-order valence-electron chi connectivity index (χ4n) is 2.39. The molecule has 0 radical (unpaired) electrons. The Bertz CT molecular complexity index is 284. The summed E-state index contributed by atoms with van der Waals surface area (Å²) in [7, 11) is 0. The highest BCUT2D eigenvalue weighted by molar-refractivity contribution is 7.07. The third kappa shape index (κ3) is 3.30. The molecule has 84 valence electrons. The van der Waals surface area contributed by atoms with Crippen molar-refractivity contribution in [1.82, 2.24) is 5.32 Å². The Hall–Kier alpha value is -0.380. The number of rotatable bonds is 4. The lowest BCUT2D eigenvalue weighted by Crippen LogP contribution is -2.36. The summed E-state index contributed by atoms with van der Waals surface area (Å²) in [5.41, 5.74) is 7.35. The van der Waals surface area contributed by atoms with Crippen LogP contribution in [0.2, 0.25) is 0 Å². The van der Waals surface area contributed by atoms with E-state index < -0.39 is 0 Å². The number of nitrogens with one attached hydrogen (secondary N) is 1. The van der Waals surface area contributed by atoms with Crippen molar-refractivity contribution in [1.29, 1.82) is 0 Å². The lowest BCUT2D eigenvalue weighted by Gasteiger charge is -2.18. The lowest BCUT2D eigenvalue weighted by atomic mass is 10.1. The maximum Gasteiger partial charge on any atom is 0.00849 e. The molecule has 0 saturated heterocycles. The van der Waals surface area contributed by atoms with Gasteiger partial charge in [-0.3, -0.25) is 0 Å². The first-order valence-corrected chi connectivity index (χ1v) is 6.71. The molecule has 3 unspecified atom stereocenters. The first-order chi connectivity index (χ1) is 7.24. The Balaban J connectivity index is 1.75. The zero-order valence-corrected chi connectivity index (χ0v) is 10.1. The minimum atomic E-state index is 0.427. The Labute approximate surface area is 95.9 Å². The molecule has 0 spiro atoms. The van der Waals surface area contributed by atoms with Crippen LogP contribution in [0.5, 0.6) is 0 Å². The summed E-state index contributed by atoms with van der Waals surface area (Å²) in [5.74, 6) is 0. The maximum atomic E-state index is 5.90. The summed E-state index contributed by atoms with van der Waals surface area (Å²) in [6, 6.07) is 3.85. The Morgan fingerprint density at radius 3 is 3.07 bits per heavy atom. The standard InChI is InChI=1S/C12H20N2S/c1-9(6-10-4-5-15-8-10)14-12-3-2-11(13)7-12/h4-5,8-9,11-12,14H,2-3,6-7,13H2,1H3. The molecule has 3 heteroatoms. The molecule has 3 N–H and O–H groups in total. The van der Waals surface area contributed by atoms with Crippen molar-refractivity contribution in [3.8, 4) is 0 Å². The van der Waals surface area contributed by atoms with Crippen LogP contribution in [0.15, 0.2) is 16.8 Å². The predicted octanol–water partition coefficient (Wildman–Crippen LogP) is 2.15. The number of thiophene rings is 1. The van der Waals surface area contributed by atoms with E-state index in [4.69, 9.17) is 5.73 Å². The number of hydrogen-bond acceptors (Lipinski definition) is 3. The molecule has 1 aliphatic rings. The fourth-order valence-corrected chi connectivity index (χ4v) is 3.07. The number of hydrogen-bond donors (Lipinski definition) is 2. The minimum Gasteiger partial charge on any atom is -0.328 e. The van der Waals surface area contributed by atoms with Crippen molar-refractivity contribution >= 4 is 11.3 Å². The van der Waals surface area contributed by atoms with E-state index in [1.165, 1.54) is 18.4 Å². The summed E-state index contributed by atoms with van der Waals surface area (Å²) in [5, 5.41) is 8.05. The largest absolute Gasteiger partial charge is 0.328 e. The third-order valence-electron chi connectivity index (χ3n) is 3.12. The summed E-state index contributed by atoms with van der Waals surface area (Å²) in [4.78, 5) is 0. The normalized spacial score (nSPS) is 28.1. The van der Waals surface area contributed by atoms with Gasteiger partial charge in [-0.1, -0.05) is 0 Å². The van der Waals surface area contributed by atoms with Crippen molar-refractivity contribution in [2.75, 3.05) is 0 Å². The average molecular weight is 224 g/mol. The van der Waals surface area contributed by atoms with Crippen molar-refractivity contribution in [2.24, 2.45) is 5.73 Å². The van der Waals surface area contributed by atoms with Crippen LogP contribution in [-0.2, 0) is 6.42 Å². The Morgan fingerprint density at radius 1 is 1.60 bits per heavy atom. The van der Waals surface area contributed by atoms with Crippen molar-refractivity contribution < 1.29 is 0 Å². The van der Waals surface area contributed by atoms with E-state index in [0.29, 0.717) is 18.1 Å². The van der Waals surface area contributed by atoms with E-state index in [0.717, 1.165) is 12.8 Å². The lowest BCUT2D eigenvalue weighted by molar-refractivity contribution is 0.445. The molecule has 1 aliphatic carbocycles. The first kappa shape index (κ1) is 11.1. The predicted molar refractivity (Wildman–Crippen MR) is 66.2 cm³/mol. The molecule has 1 heterocycles. The maximum absolute atomic E-state index is 5.90. The second-order valence-corrected chi connectivity index (χ2v) is 5.45. The van der Waals surface area contributed by atoms with Crippen molar-refractivity contribution in [2.45, 2.75) is 50.7 Å². The van der Waals surface area contributed by atoms with Gasteiger partial charge in [0.25, 0.3) is 0 Å². The van der Waals surface area contributed by atoms with E-state index in [1.807, 2.05) is 0 Å². The van der Waals surface area contributed by atoms with Gasteiger partial charge in [0, 0.05) is 18.1 Å². The molecular weight excluding hydrogens is 204 g/mol. The van der Waals surface area contributed by atoms with Crippen LogP contribution in [0, 0.1) is 0 Å². The summed E-state index contributed by atoms with van der Waals surface area (Å²) < 4.78 is 0. The molecule has 1 aromatic heterocycles. The van der Waals surface area contributed by atoms with Crippen LogP contribution in [0.3, 0.4) is 0 Å². The highest BCUT2D eigenvalue weighted by Crippen LogP contribution is 2.18. The first-order valence-electron chi connectivity index (χ1n) is 5.76. The van der Waals surface area contributed by atoms with Gasteiger partial charge in [0.05, 0.1) is 0 Å². The highest BCUT2D eigenvalue weighted by Gasteiger charge is 2.22. The van der Waals surface area contributed by atoms with Crippen LogP contribution >= 0.6 is 11.3 Å². The van der Waals surface area contributed by atoms with Crippen molar-refractivity contribution in [3.05, 3.63) is 22.4 Å². The van der Waals surface area contributed by atoms with Gasteiger partial charge in [-0.25, -0.2) is 0 Å². The molecule has 1 aromatic rings. The average Bonchev–Trinajstić information content (AvgIpc) is 2.77. The van der Waals surface area contributed by atoms with Gasteiger partial charge in [0.1, 0.15) is 0 Å². The van der Waals surface area contributed by atoms with Gasteiger partial charge < -0.3 is 11.1 Å². The molecule has 15 heavy (non-hydrogen) atoms. The van der Waals surface area contributed by atoms with Crippen molar-refractivity contribution in [3.63, 3.8) is 0 Å². The summed E-state index contributed by atoms with van der Waals surface area (Å²) in [6.07, 6.45) is 4.71.